The topological polar surface area (TPSA) is 154 Å². The fourth-order valence-electron chi connectivity index (χ4n) is 3.45. The largest absolute Gasteiger partial charge is 0.353 e. The molecule has 35 heavy (non-hydrogen) atoms. The summed E-state index contributed by atoms with van der Waals surface area (Å²) in [5.41, 5.74) is 1.03. The van der Waals surface area contributed by atoms with Gasteiger partial charge in [-0.25, -0.2) is 9.67 Å². The number of amides is 2. The Balaban J connectivity index is 1.34. The van der Waals surface area contributed by atoms with Gasteiger partial charge in [0.2, 0.25) is 5.91 Å². The van der Waals surface area contributed by atoms with Crippen molar-refractivity contribution >= 4 is 28.5 Å². The first-order valence-electron chi connectivity index (χ1n) is 10.7. The molecule has 2 heterocycles. The highest BCUT2D eigenvalue weighted by Crippen LogP contribution is 2.14. The monoisotopic (exact) mass is 475 g/mol. The van der Waals surface area contributed by atoms with Crippen molar-refractivity contribution in [2.75, 3.05) is 13.1 Å². The smallest absolute Gasteiger partial charge is 0.269 e. The highest BCUT2D eigenvalue weighted by Gasteiger charge is 2.13. The van der Waals surface area contributed by atoms with Gasteiger partial charge in [-0.1, -0.05) is 30.3 Å². The lowest BCUT2D eigenvalue weighted by molar-refractivity contribution is -0.384. The molecule has 0 aliphatic rings. The third-order valence-corrected chi connectivity index (χ3v) is 5.19. The van der Waals surface area contributed by atoms with Crippen LogP contribution in [0.5, 0.6) is 0 Å². The summed E-state index contributed by atoms with van der Waals surface area (Å²) in [5.74, 6) is -0.706. The number of nitro benzene ring substituents is 1. The van der Waals surface area contributed by atoms with E-state index in [0.717, 1.165) is 0 Å². The van der Waals surface area contributed by atoms with Crippen LogP contribution in [-0.2, 0) is 17.9 Å². The summed E-state index contributed by atoms with van der Waals surface area (Å²) in [6, 6.07) is 14.6. The van der Waals surface area contributed by atoms with Crippen LogP contribution in [0.1, 0.15) is 15.9 Å². The standard InChI is InChI=1S/C23H21N7O5/c31-20(13-25-22(32)17-6-2-1-3-7-17)24-9-10-29-21-19(12-27-29)23(33)28(15-26-21)14-16-5-4-8-18(11-16)30(34)35/h1-8,11-12,15H,9-10,13-14H2,(H,24,31)(H,25,32). The number of carbonyl (C=O) groups is 2. The Morgan fingerprint density at radius 2 is 1.86 bits per heavy atom. The molecule has 0 saturated carbocycles. The first kappa shape index (κ1) is 23.3. The van der Waals surface area contributed by atoms with E-state index in [4.69, 9.17) is 0 Å². The second-order valence-corrected chi connectivity index (χ2v) is 7.61. The number of fused-ring (bicyclic) bond motifs is 1. The van der Waals surface area contributed by atoms with Crippen molar-refractivity contribution in [2.24, 2.45) is 0 Å². The van der Waals surface area contributed by atoms with E-state index in [1.807, 2.05) is 0 Å². The fraction of sp³-hybridized carbons (Fsp3) is 0.174. The Morgan fingerprint density at radius 1 is 1.06 bits per heavy atom. The van der Waals surface area contributed by atoms with Crippen LogP contribution in [0.2, 0.25) is 0 Å². The predicted octanol–water partition coefficient (Wildman–Crippen LogP) is 1.10. The molecule has 0 bridgehead atoms. The third-order valence-electron chi connectivity index (χ3n) is 5.19. The van der Waals surface area contributed by atoms with Gasteiger partial charge in [0.15, 0.2) is 5.65 Å². The molecule has 12 heteroatoms. The lowest BCUT2D eigenvalue weighted by Gasteiger charge is -2.08. The van der Waals surface area contributed by atoms with Gasteiger partial charge in [-0.3, -0.25) is 29.1 Å². The van der Waals surface area contributed by atoms with E-state index in [9.17, 15) is 24.5 Å². The predicted molar refractivity (Wildman–Crippen MR) is 126 cm³/mol. The zero-order chi connectivity index (χ0) is 24.8. The maximum absolute atomic E-state index is 12.8. The molecule has 4 rings (SSSR count). The molecular weight excluding hydrogens is 454 g/mol. The summed E-state index contributed by atoms with van der Waals surface area (Å²) in [5, 5.41) is 20.7. The molecular formula is C23H21N7O5. The number of benzene rings is 2. The molecule has 12 nitrogen and oxygen atoms in total. The first-order chi connectivity index (χ1) is 16.9. The molecule has 0 fully saturated rings. The molecule has 2 N–H and O–H groups in total. The summed E-state index contributed by atoms with van der Waals surface area (Å²) in [4.78, 5) is 51.7. The molecule has 178 valence electrons. The summed E-state index contributed by atoms with van der Waals surface area (Å²) in [7, 11) is 0. The SMILES string of the molecule is O=C(CNC(=O)c1ccccc1)NCCn1ncc2c(=O)n(Cc3cccc([N+](=O)[O-])c3)cnc21. The summed E-state index contributed by atoms with van der Waals surface area (Å²) < 4.78 is 2.85. The van der Waals surface area contributed by atoms with Crippen LogP contribution in [0, 0.1) is 10.1 Å². The van der Waals surface area contributed by atoms with Crippen molar-refractivity contribution in [2.45, 2.75) is 13.1 Å². The van der Waals surface area contributed by atoms with Crippen molar-refractivity contribution < 1.29 is 14.5 Å². The molecule has 0 spiro atoms. The Morgan fingerprint density at radius 3 is 2.63 bits per heavy atom. The highest BCUT2D eigenvalue weighted by atomic mass is 16.6. The van der Waals surface area contributed by atoms with Crippen LogP contribution in [0.15, 0.2) is 71.9 Å². The third kappa shape index (κ3) is 5.55. The number of carbonyl (C=O) groups excluding carboxylic acids is 2. The average molecular weight is 475 g/mol. The van der Waals surface area contributed by atoms with Gasteiger partial charge in [0, 0.05) is 24.2 Å². The van der Waals surface area contributed by atoms with Crippen LogP contribution in [0.3, 0.4) is 0 Å². The van der Waals surface area contributed by atoms with Gasteiger partial charge >= 0.3 is 0 Å². The van der Waals surface area contributed by atoms with Crippen molar-refractivity contribution in [1.29, 1.82) is 0 Å². The van der Waals surface area contributed by atoms with Gasteiger partial charge in [0.25, 0.3) is 17.2 Å². The Hall–Kier alpha value is -4.87. The Kier molecular flexibility index (Phi) is 6.91. The van der Waals surface area contributed by atoms with Crippen molar-refractivity contribution in [3.63, 3.8) is 0 Å². The molecule has 0 saturated heterocycles. The second-order valence-electron chi connectivity index (χ2n) is 7.61. The highest BCUT2D eigenvalue weighted by molar-refractivity contribution is 5.96. The molecule has 2 aromatic carbocycles. The second kappa shape index (κ2) is 10.4. The normalized spacial score (nSPS) is 10.7. The molecule has 2 amide bonds. The van der Waals surface area contributed by atoms with Crippen LogP contribution >= 0.6 is 0 Å². The molecule has 4 aromatic rings. The number of rotatable bonds is 9. The van der Waals surface area contributed by atoms with Gasteiger partial charge in [0.1, 0.15) is 11.7 Å². The fourth-order valence-corrected chi connectivity index (χ4v) is 3.45. The maximum atomic E-state index is 12.8. The van der Waals surface area contributed by atoms with E-state index in [1.54, 1.807) is 42.5 Å². The van der Waals surface area contributed by atoms with E-state index in [2.05, 4.69) is 20.7 Å². The van der Waals surface area contributed by atoms with Gasteiger partial charge in [-0.2, -0.15) is 5.10 Å². The van der Waals surface area contributed by atoms with E-state index in [1.165, 1.54) is 33.9 Å². The van der Waals surface area contributed by atoms with Gasteiger partial charge in [0.05, 0.1) is 30.8 Å². The Bertz CT molecular complexity index is 1450. The summed E-state index contributed by atoms with van der Waals surface area (Å²) in [6.07, 6.45) is 2.76. The number of non-ortho nitro benzene ring substituents is 1. The Labute approximate surface area is 198 Å². The number of hydrogen-bond donors (Lipinski definition) is 2. The van der Waals surface area contributed by atoms with Crippen LogP contribution in [0.25, 0.3) is 11.0 Å². The minimum Gasteiger partial charge on any atom is -0.353 e. The first-order valence-corrected chi connectivity index (χ1v) is 10.7. The molecule has 0 unspecified atom stereocenters. The van der Waals surface area contributed by atoms with Gasteiger partial charge in [-0.15, -0.1) is 0 Å². The van der Waals surface area contributed by atoms with E-state index in [-0.39, 0.29) is 49.2 Å². The number of nitro groups is 1. The van der Waals surface area contributed by atoms with Gasteiger partial charge in [-0.05, 0) is 17.7 Å². The van der Waals surface area contributed by atoms with Crippen LogP contribution < -0.4 is 16.2 Å². The average Bonchev–Trinajstić information content (AvgIpc) is 3.28. The number of hydrogen-bond acceptors (Lipinski definition) is 7. The van der Waals surface area contributed by atoms with Crippen molar-refractivity contribution in [3.05, 3.63) is 98.7 Å². The number of nitrogens with zero attached hydrogens (tertiary/aromatic N) is 5. The summed E-state index contributed by atoms with van der Waals surface area (Å²) in [6.45, 7) is 0.437. The van der Waals surface area contributed by atoms with Crippen LogP contribution in [0.4, 0.5) is 5.69 Å². The summed E-state index contributed by atoms with van der Waals surface area (Å²) >= 11 is 0. The van der Waals surface area contributed by atoms with Gasteiger partial charge < -0.3 is 10.6 Å². The zero-order valence-electron chi connectivity index (χ0n) is 18.5. The van der Waals surface area contributed by atoms with E-state index < -0.39 is 4.92 Å². The van der Waals surface area contributed by atoms with Crippen molar-refractivity contribution in [3.8, 4) is 0 Å². The van der Waals surface area contributed by atoms with E-state index in [0.29, 0.717) is 22.2 Å². The maximum Gasteiger partial charge on any atom is 0.269 e. The molecule has 0 aliphatic heterocycles. The lowest BCUT2D eigenvalue weighted by Crippen LogP contribution is -2.38. The number of nitrogens with one attached hydrogen (secondary N) is 2. The lowest BCUT2D eigenvalue weighted by atomic mass is 10.2. The van der Waals surface area contributed by atoms with E-state index >= 15 is 0 Å². The molecule has 0 aliphatic carbocycles. The van der Waals surface area contributed by atoms with Crippen LogP contribution in [-0.4, -0.2) is 49.2 Å². The minimum atomic E-state index is -0.492. The molecule has 0 radical (unpaired) electrons. The quantitative estimate of drug-likeness (QED) is 0.271. The molecule has 2 aromatic heterocycles. The number of aromatic nitrogens is 4. The minimum absolute atomic E-state index is 0.0564. The zero-order valence-corrected chi connectivity index (χ0v) is 18.5. The van der Waals surface area contributed by atoms with Crippen molar-refractivity contribution in [1.82, 2.24) is 30.0 Å². The molecule has 0 atom stereocenters.